The summed E-state index contributed by atoms with van der Waals surface area (Å²) in [4.78, 5) is 13.0. The molecule has 1 aromatic heterocycles. The minimum absolute atomic E-state index is 0.138. The summed E-state index contributed by atoms with van der Waals surface area (Å²) in [6.07, 6.45) is 5.65. The minimum atomic E-state index is -0.174. The van der Waals surface area contributed by atoms with Gasteiger partial charge in [0, 0.05) is 31.7 Å². The number of rotatable bonds is 5. The average Bonchev–Trinajstić information content (AvgIpc) is 3.18. The highest BCUT2D eigenvalue weighted by Gasteiger charge is 2.26. The quantitative estimate of drug-likeness (QED) is 0.843. The molecule has 2 fully saturated rings. The summed E-state index contributed by atoms with van der Waals surface area (Å²) in [5, 5.41) is 13.0. The molecule has 144 valence electrons. The number of para-hydroxylation sites is 1. The summed E-state index contributed by atoms with van der Waals surface area (Å²) >= 11 is 0. The number of hydrogen-bond donors (Lipinski definition) is 2. The largest absolute Gasteiger partial charge is 0.394 e. The van der Waals surface area contributed by atoms with Crippen molar-refractivity contribution in [2.24, 2.45) is 0 Å². The molecule has 4 rings (SSSR count). The van der Waals surface area contributed by atoms with Crippen molar-refractivity contribution in [1.82, 2.24) is 9.97 Å². The summed E-state index contributed by atoms with van der Waals surface area (Å²) in [7, 11) is 0. The fourth-order valence-electron chi connectivity index (χ4n) is 4.14. The van der Waals surface area contributed by atoms with Crippen molar-refractivity contribution >= 4 is 17.3 Å². The number of aliphatic hydroxyl groups excluding tert-OH is 1. The summed E-state index contributed by atoms with van der Waals surface area (Å²) in [6.45, 7) is 2.66. The molecule has 0 spiro atoms. The van der Waals surface area contributed by atoms with Crippen molar-refractivity contribution < 1.29 is 9.50 Å². The molecule has 6 nitrogen and oxygen atoms in total. The Balaban J connectivity index is 1.44. The third-order valence-corrected chi connectivity index (χ3v) is 5.50. The molecule has 0 amide bonds. The molecule has 2 saturated heterocycles. The monoisotopic (exact) mass is 371 g/mol. The Morgan fingerprint density at radius 2 is 2.00 bits per heavy atom. The first-order chi connectivity index (χ1) is 13.2. The van der Waals surface area contributed by atoms with E-state index in [1.165, 1.54) is 6.07 Å². The van der Waals surface area contributed by atoms with Gasteiger partial charge in [-0.25, -0.2) is 14.4 Å². The molecule has 27 heavy (non-hydrogen) atoms. The second-order valence-corrected chi connectivity index (χ2v) is 7.31. The highest BCUT2D eigenvalue weighted by molar-refractivity contribution is 5.52. The van der Waals surface area contributed by atoms with Gasteiger partial charge in [-0.3, -0.25) is 0 Å². The molecule has 1 aromatic carbocycles. The maximum Gasteiger partial charge on any atom is 0.146 e. The smallest absolute Gasteiger partial charge is 0.146 e. The predicted molar refractivity (Wildman–Crippen MR) is 105 cm³/mol. The molecule has 0 saturated carbocycles. The second kappa shape index (κ2) is 8.08. The van der Waals surface area contributed by atoms with Crippen molar-refractivity contribution in [3.8, 4) is 0 Å². The van der Waals surface area contributed by atoms with E-state index in [2.05, 4.69) is 25.1 Å². The first-order valence-electron chi connectivity index (χ1n) is 9.70. The van der Waals surface area contributed by atoms with E-state index >= 15 is 0 Å². The first kappa shape index (κ1) is 18.0. The van der Waals surface area contributed by atoms with Crippen LogP contribution < -0.4 is 15.1 Å². The Bertz CT molecular complexity index is 774. The Labute approximate surface area is 159 Å². The van der Waals surface area contributed by atoms with Crippen LogP contribution in [0.1, 0.15) is 25.7 Å². The lowest BCUT2D eigenvalue weighted by Crippen LogP contribution is -2.42. The standard InChI is InChI=1S/C20H26FN5O/c21-17-7-1-2-8-18(17)25-9-3-5-15(12-25)24-19-11-20(23-14-22-19)26-10-4-6-16(26)13-27/h1-2,7-8,11,14-16,27H,3-6,9-10,12-13H2,(H,22,23,24). The van der Waals surface area contributed by atoms with E-state index < -0.39 is 0 Å². The fourth-order valence-corrected chi connectivity index (χ4v) is 4.14. The van der Waals surface area contributed by atoms with E-state index in [9.17, 15) is 9.50 Å². The molecule has 0 bridgehead atoms. The predicted octanol–water partition coefficient (Wildman–Crippen LogP) is 2.66. The first-order valence-corrected chi connectivity index (χ1v) is 9.70. The van der Waals surface area contributed by atoms with Gasteiger partial charge < -0.3 is 20.2 Å². The molecule has 2 atom stereocenters. The van der Waals surface area contributed by atoms with Crippen molar-refractivity contribution in [2.45, 2.75) is 37.8 Å². The zero-order valence-corrected chi connectivity index (χ0v) is 15.4. The van der Waals surface area contributed by atoms with Crippen LogP contribution in [0, 0.1) is 5.82 Å². The number of piperidine rings is 1. The van der Waals surface area contributed by atoms with E-state index in [-0.39, 0.29) is 24.5 Å². The maximum absolute atomic E-state index is 14.1. The zero-order valence-electron chi connectivity index (χ0n) is 15.4. The van der Waals surface area contributed by atoms with Crippen LogP contribution in [0.15, 0.2) is 36.7 Å². The summed E-state index contributed by atoms with van der Waals surface area (Å²) < 4.78 is 14.1. The Kier molecular flexibility index (Phi) is 5.38. The van der Waals surface area contributed by atoms with Gasteiger partial charge in [0.2, 0.25) is 0 Å². The number of nitrogens with zero attached hydrogens (tertiary/aromatic N) is 4. The molecule has 7 heteroatoms. The van der Waals surface area contributed by atoms with Crippen molar-refractivity contribution in [3.05, 3.63) is 42.5 Å². The van der Waals surface area contributed by atoms with Gasteiger partial charge in [-0.15, -0.1) is 0 Å². The van der Waals surface area contributed by atoms with Crippen LogP contribution >= 0.6 is 0 Å². The van der Waals surface area contributed by atoms with Gasteiger partial charge in [0.15, 0.2) is 0 Å². The molecule has 3 heterocycles. The van der Waals surface area contributed by atoms with E-state index in [1.54, 1.807) is 12.4 Å². The van der Waals surface area contributed by atoms with Crippen LogP contribution in [0.2, 0.25) is 0 Å². The van der Waals surface area contributed by atoms with E-state index in [4.69, 9.17) is 0 Å². The lowest BCUT2D eigenvalue weighted by molar-refractivity contribution is 0.266. The molecule has 0 aliphatic carbocycles. The van der Waals surface area contributed by atoms with Crippen LogP contribution in [0.5, 0.6) is 0 Å². The molecular formula is C20H26FN5O. The molecule has 2 aliphatic heterocycles. The second-order valence-electron chi connectivity index (χ2n) is 7.31. The third kappa shape index (κ3) is 3.98. The van der Waals surface area contributed by atoms with Gasteiger partial charge in [0.05, 0.1) is 18.3 Å². The number of anilines is 3. The molecule has 0 radical (unpaired) electrons. The Morgan fingerprint density at radius 1 is 1.15 bits per heavy atom. The van der Waals surface area contributed by atoms with Gasteiger partial charge in [-0.2, -0.15) is 0 Å². The highest BCUT2D eigenvalue weighted by atomic mass is 19.1. The van der Waals surface area contributed by atoms with Crippen LogP contribution in [-0.4, -0.2) is 53.4 Å². The maximum atomic E-state index is 14.1. The van der Waals surface area contributed by atoms with E-state index in [1.807, 2.05) is 18.2 Å². The minimum Gasteiger partial charge on any atom is -0.394 e. The number of nitrogens with one attached hydrogen (secondary N) is 1. The molecule has 2 unspecified atom stereocenters. The Hall–Kier alpha value is -2.41. The van der Waals surface area contributed by atoms with E-state index in [0.717, 1.165) is 57.0 Å². The van der Waals surface area contributed by atoms with Gasteiger partial charge in [-0.1, -0.05) is 12.1 Å². The number of hydrogen-bond acceptors (Lipinski definition) is 6. The lowest BCUT2D eigenvalue weighted by atomic mass is 10.0. The highest BCUT2D eigenvalue weighted by Crippen LogP contribution is 2.27. The van der Waals surface area contributed by atoms with Crippen LogP contribution in [-0.2, 0) is 0 Å². The lowest BCUT2D eigenvalue weighted by Gasteiger charge is -2.35. The fraction of sp³-hybridized carbons (Fsp3) is 0.500. The summed E-state index contributed by atoms with van der Waals surface area (Å²) in [5.74, 6) is 1.46. The van der Waals surface area contributed by atoms with Gasteiger partial charge in [-0.05, 0) is 37.8 Å². The summed E-state index contributed by atoms with van der Waals surface area (Å²) in [5.41, 5.74) is 0.662. The molecular weight excluding hydrogens is 345 g/mol. The van der Waals surface area contributed by atoms with Gasteiger partial charge in [0.1, 0.15) is 23.8 Å². The number of halogens is 1. The number of aliphatic hydroxyl groups is 1. The van der Waals surface area contributed by atoms with Crippen molar-refractivity contribution in [2.75, 3.05) is 41.4 Å². The normalized spacial score (nSPS) is 22.9. The molecule has 2 N–H and O–H groups in total. The number of aromatic nitrogens is 2. The number of benzene rings is 1. The SMILES string of the molecule is OCC1CCCN1c1cc(NC2CCCN(c3ccccc3F)C2)ncn1. The van der Waals surface area contributed by atoms with Crippen LogP contribution in [0.25, 0.3) is 0 Å². The molecule has 2 aromatic rings. The molecule has 2 aliphatic rings. The van der Waals surface area contributed by atoms with Crippen molar-refractivity contribution in [3.63, 3.8) is 0 Å². The summed E-state index contributed by atoms with van der Waals surface area (Å²) in [6, 6.07) is 9.24. The van der Waals surface area contributed by atoms with Crippen LogP contribution in [0.3, 0.4) is 0 Å². The van der Waals surface area contributed by atoms with Crippen LogP contribution in [0.4, 0.5) is 21.7 Å². The topological polar surface area (TPSA) is 64.5 Å². The van der Waals surface area contributed by atoms with Crippen molar-refractivity contribution in [1.29, 1.82) is 0 Å². The van der Waals surface area contributed by atoms with Gasteiger partial charge in [0.25, 0.3) is 0 Å². The third-order valence-electron chi connectivity index (χ3n) is 5.50. The Morgan fingerprint density at radius 3 is 2.85 bits per heavy atom. The van der Waals surface area contributed by atoms with Gasteiger partial charge >= 0.3 is 0 Å². The zero-order chi connectivity index (χ0) is 18.6. The van der Waals surface area contributed by atoms with E-state index in [0.29, 0.717) is 5.69 Å². The average molecular weight is 371 g/mol.